The highest BCUT2D eigenvalue weighted by atomic mass is 32.2. The van der Waals surface area contributed by atoms with Crippen LogP contribution in [0.2, 0.25) is 0 Å². The molecule has 1 heterocycles. The number of nitrogens with zero attached hydrogens (tertiary/aromatic N) is 1. The van der Waals surface area contributed by atoms with Crippen LogP contribution in [0.3, 0.4) is 0 Å². The van der Waals surface area contributed by atoms with Crippen LogP contribution in [-0.2, 0) is 10.1 Å². The van der Waals surface area contributed by atoms with Crippen LogP contribution in [0, 0.1) is 5.92 Å². The Balaban J connectivity index is 2.86. The lowest BCUT2D eigenvalue weighted by atomic mass is 10.2. The molecule has 0 aromatic rings. The molecule has 76 valence electrons. The Kier molecular flexibility index (Phi) is 2.49. The third kappa shape index (κ3) is 2.10. The minimum Gasteiger partial charge on any atom is -0.276 e. The Morgan fingerprint density at radius 1 is 1.54 bits per heavy atom. The number of rotatable bonds is 1. The van der Waals surface area contributed by atoms with Gasteiger partial charge in [-0.3, -0.25) is 4.55 Å². The Labute approximate surface area is 77.4 Å². The lowest BCUT2D eigenvalue weighted by Crippen LogP contribution is -2.41. The van der Waals surface area contributed by atoms with Crippen LogP contribution in [-0.4, -0.2) is 36.0 Å². The summed E-state index contributed by atoms with van der Waals surface area (Å²) >= 11 is 0. The number of hydrogen-bond donors (Lipinski definition) is 3. The molecule has 0 aromatic heterocycles. The van der Waals surface area contributed by atoms with E-state index in [1.807, 2.05) is 13.8 Å². The van der Waals surface area contributed by atoms with E-state index in [1.165, 1.54) is 11.7 Å². The van der Waals surface area contributed by atoms with E-state index < -0.39 is 10.1 Å². The molecule has 7 heteroatoms. The van der Waals surface area contributed by atoms with Gasteiger partial charge in [0.25, 0.3) is 0 Å². The van der Waals surface area contributed by atoms with E-state index in [2.05, 4.69) is 10.7 Å². The van der Waals surface area contributed by atoms with Crippen molar-refractivity contribution in [2.75, 3.05) is 7.05 Å². The first-order valence-electron chi connectivity index (χ1n) is 3.93. The molecule has 0 saturated carbocycles. The molecule has 0 spiro atoms. The van der Waals surface area contributed by atoms with Gasteiger partial charge in [0.2, 0.25) is 0 Å². The molecule has 6 nitrogen and oxygen atoms in total. The molecule has 1 atom stereocenters. The van der Waals surface area contributed by atoms with Crippen molar-refractivity contribution >= 4 is 15.3 Å². The minimum atomic E-state index is -4.15. The minimum absolute atomic E-state index is 0.165. The van der Waals surface area contributed by atoms with Gasteiger partial charge < -0.3 is 0 Å². The summed E-state index contributed by atoms with van der Waals surface area (Å²) in [4.78, 5) is 0. The molecule has 13 heavy (non-hydrogen) atoms. The molecule has 0 radical (unpaired) electrons. The van der Waals surface area contributed by atoms with Gasteiger partial charge in [0, 0.05) is 5.92 Å². The van der Waals surface area contributed by atoms with Gasteiger partial charge in [0.05, 0.1) is 0 Å². The highest BCUT2D eigenvalue weighted by molar-refractivity contribution is 8.01. The monoisotopic (exact) mass is 208 g/mol. The summed E-state index contributed by atoms with van der Waals surface area (Å²) < 4.78 is 31.6. The number of nitrogens with one attached hydrogen (secondary N) is 2. The maximum atomic E-state index is 10.8. The second-order valence-corrected chi connectivity index (χ2v) is 4.67. The fraction of sp³-hybridized carbons (Fsp3) is 0.833. The van der Waals surface area contributed by atoms with E-state index in [0.717, 1.165) is 0 Å². The van der Waals surface area contributed by atoms with Gasteiger partial charge in [-0.05, 0) is 0 Å². The van der Waals surface area contributed by atoms with Gasteiger partial charge in [-0.2, -0.15) is 13.1 Å². The summed E-state index contributed by atoms with van der Waals surface area (Å²) in [6.07, 6.45) is -0.165. The second-order valence-electron chi connectivity index (χ2n) is 3.33. The van der Waals surface area contributed by atoms with Gasteiger partial charge >= 0.3 is 15.3 Å². The third-order valence-corrected chi connectivity index (χ3v) is 2.71. The van der Waals surface area contributed by atoms with E-state index in [-0.39, 0.29) is 17.3 Å². The Hall–Kier alpha value is -0.820. The van der Waals surface area contributed by atoms with Crippen LogP contribution in [0.15, 0.2) is 0 Å². The van der Waals surface area contributed by atoms with Crippen molar-refractivity contribution in [3.05, 3.63) is 0 Å². The van der Waals surface area contributed by atoms with Crippen LogP contribution in [0.5, 0.6) is 0 Å². The van der Waals surface area contributed by atoms with Crippen molar-refractivity contribution in [1.29, 1.82) is 0 Å². The van der Waals surface area contributed by atoms with Gasteiger partial charge in [-0.25, -0.2) is 10.7 Å². The summed E-state index contributed by atoms with van der Waals surface area (Å²) in [6, 6.07) is 0. The molecule has 0 fully saturated rings. The molecule has 0 saturated heterocycles. The predicted molar refractivity (Wildman–Crippen MR) is 47.6 cm³/mol. The number of hydrogen-bond acceptors (Lipinski definition) is 4. The van der Waals surface area contributed by atoms with E-state index >= 15 is 0 Å². The lowest BCUT2D eigenvalue weighted by Gasteiger charge is -2.09. The largest absolute Gasteiger partial charge is 0.415 e. The van der Waals surface area contributed by atoms with Crippen LogP contribution in [0.1, 0.15) is 13.8 Å². The van der Waals surface area contributed by atoms with Crippen molar-refractivity contribution in [3.63, 3.8) is 0 Å². The molecule has 1 unspecified atom stereocenters. The van der Waals surface area contributed by atoms with Crippen molar-refractivity contribution < 1.29 is 17.7 Å². The highest BCUT2D eigenvalue weighted by Crippen LogP contribution is 2.03. The van der Waals surface area contributed by atoms with Crippen LogP contribution in [0.4, 0.5) is 0 Å². The van der Waals surface area contributed by atoms with Gasteiger partial charge in [0.15, 0.2) is 6.17 Å². The van der Waals surface area contributed by atoms with E-state index in [0.29, 0.717) is 0 Å². The molecule has 1 aliphatic heterocycles. The number of hydrazine groups is 1. The molecule has 0 bridgehead atoms. The Morgan fingerprint density at radius 3 is 2.31 bits per heavy atom. The van der Waals surface area contributed by atoms with Gasteiger partial charge in [-0.15, -0.1) is 0 Å². The maximum absolute atomic E-state index is 10.8. The van der Waals surface area contributed by atoms with Crippen LogP contribution in [0.25, 0.3) is 0 Å². The summed E-state index contributed by atoms with van der Waals surface area (Å²) in [5.74, 6) is 0.224. The average Bonchev–Trinajstić information content (AvgIpc) is 2.29. The number of amidine groups is 1. The normalized spacial score (nSPS) is 23.3. The van der Waals surface area contributed by atoms with E-state index in [1.54, 1.807) is 0 Å². The van der Waals surface area contributed by atoms with Gasteiger partial charge in [-0.1, -0.05) is 13.8 Å². The van der Waals surface area contributed by atoms with Crippen LogP contribution >= 0.6 is 0 Å². The molecule has 1 rings (SSSR count). The standard InChI is InChI=1S/C6H13N3O3S/c1-4(2)5-7-6(9(3)8-5)13(10,11)12/h4-5,8H,1-3H3,(H,10,11,12)/p+1. The first-order valence-corrected chi connectivity index (χ1v) is 5.37. The zero-order valence-corrected chi connectivity index (χ0v) is 8.59. The zero-order chi connectivity index (χ0) is 10.2. The fourth-order valence-electron chi connectivity index (χ4n) is 1.09. The summed E-state index contributed by atoms with van der Waals surface area (Å²) in [5.41, 5.74) is 2.86. The Morgan fingerprint density at radius 2 is 2.08 bits per heavy atom. The SMILES string of the molecule is CC(C)C1NC(S(=O)(=O)O)=[N+](C)N1. The zero-order valence-electron chi connectivity index (χ0n) is 7.77. The maximum Gasteiger partial charge on any atom is 0.415 e. The van der Waals surface area contributed by atoms with Crippen molar-refractivity contribution in [2.45, 2.75) is 20.0 Å². The first-order chi connectivity index (χ1) is 5.82. The molecular formula is C6H14N3O3S+. The van der Waals surface area contributed by atoms with Crippen LogP contribution < -0.4 is 10.7 Å². The van der Waals surface area contributed by atoms with Crippen molar-refractivity contribution in [2.24, 2.45) is 5.92 Å². The summed E-state index contributed by atoms with van der Waals surface area (Å²) in [5, 5.41) is 2.47. The molecule has 0 aliphatic carbocycles. The molecule has 0 aromatic carbocycles. The highest BCUT2D eigenvalue weighted by Gasteiger charge is 2.37. The van der Waals surface area contributed by atoms with E-state index in [9.17, 15) is 8.42 Å². The lowest BCUT2D eigenvalue weighted by molar-refractivity contribution is -0.555. The topological polar surface area (TPSA) is 81.4 Å². The molecule has 0 amide bonds. The summed E-state index contributed by atoms with van der Waals surface area (Å²) in [7, 11) is -2.62. The molecular weight excluding hydrogens is 194 g/mol. The third-order valence-electron chi connectivity index (χ3n) is 1.83. The summed E-state index contributed by atoms with van der Waals surface area (Å²) in [6.45, 7) is 3.87. The van der Waals surface area contributed by atoms with E-state index in [4.69, 9.17) is 4.55 Å². The quantitative estimate of drug-likeness (QED) is 0.379. The molecule has 1 aliphatic rings. The van der Waals surface area contributed by atoms with Gasteiger partial charge in [0.1, 0.15) is 7.05 Å². The first kappa shape index (κ1) is 10.3. The fourth-order valence-corrected chi connectivity index (χ4v) is 1.77. The predicted octanol–water partition coefficient (Wildman–Crippen LogP) is -1.04. The Bertz CT molecular complexity index is 333. The average molecular weight is 208 g/mol. The van der Waals surface area contributed by atoms with Crippen molar-refractivity contribution in [3.8, 4) is 0 Å². The van der Waals surface area contributed by atoms with Crippen molar-refractivity contribution in [1.82, 2.24) is 10.7 Å². The second kappa shape index (κ2) is 3.15. The molecule has 3 N–H and O–H groups in total. The number of hydrazone groups is 1. The smallest absolute Gasteiger partial charge is 0.276 e.